The lowest BCUT2D eigenvalue weighted by Gasteiger charge is -2.32. The number of rotatable bonds is 6. The van der Waals surface area contributed by atoms with Crippen LogP contribution in [0.3, 0.4) is 0 Å². The van der Waals surface area contributed by atoms with Crippen molar-refractivity contribution in [2.24, 2.45) is 0 Å². The Labute approximate surface area is 165 Å². The van der Waals surface area contributed by atoms with Gasteiger partial charge in [-0.1, -0.05) is 0 Å². The van der Waals surface area contributed by atoms with Crippen LogP contribution in [0.1, 0.15) is 50.5 Å². The minimum absolute atomic E-state index is 0.0157. The molecular formula is C21H29FN2O4. The summed E-state index contributed by atoms with van der Waals surface area (Å²) in [6, 6.07) is 5.44. The Morgan fingerprint density at radius 1 is 1.36 bits per heavy atom. The molecule has 0 bridgehead atoms. The topological polar surface area (TPSA) is 67.9 Å². The van der Waals surface area contributed by atoms with E-state index in [0.29, 0.717) is 24.2 Å². The summed E-state index contributed by atoms with van der Waals surface area (Å²) in [6.45, 7) is 9.89. The van der Waals surface area contributed by atoms with E-state index in [1.807, 2.05) is 24.8 Å². The molecule has 0 saturated heterocycles. The van der Waals surface area contributed by atoms with Gasteiger partial charge in [-0.15, -0.1) is 0 Å². The second-order valence-corrected chi connectivity index (χ2v) is 8.07. The van der Waals surface area contributed by atoms with E-state index >= 15 is 0 Å². The van der Waals surface area contributed by atoms with Crippen molar-refractivity contribution in [2.45, 2.75) is 52.7 Å². The van der Waals surface area contributed by atoms with E-state index in [0.717, 1.165) is 12.0 Å². The predicted octanol–water partition coefficient (Wildman–Crippen LogP) is 3.85. The largest absolute Gasteiger partial charge is 0.489 e. The van der Waals surface area contributed by atoms with Crippen LogP contribution in [0.4, 0.5) is 9.18 Å². The van der Waals surface area contributed by atoms with Crippen LogP contribution in [-0.2, 0) is 11.2 Å². The molecule has 0 aliphatic carbocycles. The molecule has 2 amide bonds. The Morgan fingerprint density at radius 2 is 2.07 bits per heavy atom. The molecule has 0 spiro atoms. The SMILES string of the molecule is CC(C)N1CCc2cc(OCC(=CF)CNC(=O)OC(C)(C)C)ccc2C1=O. The molecule has 6 nitrogen and oxygen atoms in total. The smallest absolute Gasteiger partial charge is 0.407 e. The first-order valence-electron chi connectivity index (χ1n) is 9.42. The van der Waals surface area contributed by atoms with E-state index in [9.17, 15) is 14.0 Å². The number of benzene rings is 1. The number of amides is 2. The highest BCUT2D eigenvalue weighted by atomic mass is 19.1. The van der Waals surface area contributed by atoms with Crippen LogP contribution in [0.5, 0.6) is 5.75 Å². The Hall–Kier alpha value is -2.57. The van der Waals surface area contributed by atoms with Crippen molar-refractivity contribution in [2.75, 3.05) is 19.7 Å². The van der Waals surface area contributed by atoms with Gasteiger partial charge in [-0.05, 0) is 64.8 Å². The molecule has 1 aliphatic heterocycles. The summed E-state index contributed by atoms with van der Waals surface area (Å²) in [6.07, 6.45) is 0.552. The van der Waals surface area contributed by atoms with Gasteiger partial charge < -0.3 is 19.7 Å². The first-order valence-corrected chi connectivity index (χ1v) is 9.42. The number of nitrogens with one attached hydrogen (secondary N) is 1. The summed E-state index contributed by atoms with van der Waals surface area (Å²) in [4.78, 5) is 26.0. The Bertz CT molecular complexity index is 753. The Kier molecular flexibility index (Phi) is 7.05. The number of halogens is 1. The summed E-state index contributed by atoms with van der Waals surface area (Å²) in [5.74, 6) is 0.579. The third-order valence-electron chi connectivity index (χ3n) is 4.25. The molecule has 1 aliphatic rings. The molecule has 1 aromatic carbocycles. The van der Waals surface area contributed by atoms with E-state index in [-0.39, 0.29) is 30.7 Å². The lowest BCUT2D eigenvalue weighted by atomic mass is 9.98. The van der Waals surface area contributed by atoms with E-state index in [1.165, 1.54) is 0 Å². The fourth-order valence-electron chi connectivity index (χ4n) is 2.86. The summed E-state index contributed by atoms with van der Waals surface area (Å²) in [5.41, 5.74) is 1.26. The second kappa shape index (κ2) is 9.08. The highest BCUT2D eigenvalue weighted by molar-refractivity contribution is 5.97. The number of carbonyl (C=O) groups is 2. The van der Waals surface area contributed by atoms with Gasteiger partial charge in [-0.2, -0.15) is 0 Å². The first kappa shape index (κ1) is 21.7. The number of nitrogens with zero attached hydrogens (tertiary/aromatic N) is 1. The lowest BCUT2D eigenvalue weighted by Crippen LogP contribution is -2.42. The second-order valence-electron chi connectivity index (χ2n) is 8.07. The van der Waals surface area contributed by atoms with Crippen LogP contribution in [0.25, 0.3) is 0 Å². The normalized spacial score (nSPS) is 14.8. The van der Waals surface area contributed by atoms with Gasteiger partial charge in [0.05, 0.1) is 6.33 Å². The van der Waals surface area contributed by atoms with Crippen LogP contribution in [0, 0.1) is 0 Å². The van der Waals surface area contributed by atoms with Gasteiger partial charge in [-0.25, -0.2) is 9.18 Å². The van der Waals surface area contributed by atoms with Crippen molar-refractivity contribution in [3.05, 3.63) is 41.2 Å². The summed E-state index contributed by atoms with van der Waals surface area (Å²) in [7, 11) is 0. The van der Waals surface area contributed by atoms with Crippen LogP contribution in [-0.4, -0.2) is 48.2 Å². The third kappa shape index (κ3) is 5.97. The fourth-order valence-corrected chi connectivity index (χ4v) is 2.86. The average molecular weight is 392 g/mol. The molecule has 0 saturated carbocycles. The fraction of sp³-hybridized carbons (Fsp3) is 0.524. The molecule has 0 aromatic heterocycles. The van der Waals surface area contributed by atoms with Crippen molar-refractivity contribution < 1.29 is 23.5 Å². The van der Waals surface area contributed by atoms with Crippen molar-refractivity contribution in [3.63, 3.8) is 0 Å². The summed E-state index contributed by atoms with van der Waals surface area (Å²) >= 11 is 0. The molecule has 2 rings (SSSR count). The number of hydrogen-bond donors (Lipinski definition) is 1. The molecule has 1 N–H and O–H groups in total. The summed E-state index contributed by atoms with van der Waals surface area (Å²) < 4.78 is 23.9. The van der Waals surface area contributed by atoms with E-state index < -0.39 is 11.7 Å². The maximum absolute atomic E-state index is 13.1. The van der Waals surface area contributed by atoms with Gasteiger partial charge >= 0.3 is 6.09 Å². The highest BCUT2D eigenvalue weighted by Crippen LogP contribution is 2.25. The highest BCUT2D eigenvalue weighted by Gasteiger charge is 2.26. The zero-order valence-corrected chi connectivity index (χ0v) is 17.2. The lowest BCUT2D eigenvalue weighted by molar-refractivity contribution is 0.0531. The zero-order chi connectivity index (χ0) is 20.9. The molecule has 1 aromatic rings. The molecule has 0 fully saturated rings. The van der Waals surface area contributed by atoms with Crippen LogP contribution in [0.2, 0.25) is 0 Å². The number of ether oxygens (including phenoxy) is 2. The Morgan fingerprint density at radius 3 is 2.68 bits per heavy atom. The number of fused-ring (bicyclic) bond motifs is 1. The molecule has 0 unspecified atom stereocenters. The first-order chi connectivity index (χ1) is 13.1. The van der Waals surface area contributed by atoms with E-state index in [1.54, 1.807) is 32.9 Å². The third-order valence-corrected chi connectivity index (χ3v) is 4.25. The van der Waals surface area contributed by atoms with Gasteiger partial charge in [0, 0.05) is 30.3 Å². The van der Waals surface area contributed by atoms with Gasteiger partial charge in [-0.3, -0.25) is 4.79 Å². The van der Waals surface area contributed by atoms with E-state index in [2.05, 4.69) is 5.32 Å². The minimum Gasteiger partial charge on any atom is -0.489 e. The van der Waals surface area contributed by atoms with Crippen LogP contribution >= 0.6 is 0 Å². The maximum Gasteiger partial charge on any atom is 0.407 e. The standard InChI is InChI=1S/C21H29FN2O4/c1-14(2)24-9-8-16-10-17(6-7-18(16)19(24)25)27-13-15(11-22)12-23-20(26)28-21(3,4)5/h6-7,10-11,14H,8-9,12-13H2,1-5H3,(H,23,26). The molecule has 7 heteroatoms. The minimum atomic E-state index is -0.619. The van der Waals surface area contributed by atoms with Gasteiger partial charge in [0.2, 0.25) is 0 Å². The van der Waals surface area contributed by atoms with Crippen molar-refractivity contribution in [1.29, 1.82) is 0 Å². The van der Waals surface area contributed by atoms with Crippen LogP contribution in [0.15, 0.2) is 30.1 Å². The molecule has 0 atom stereocenters. The van der Waals surface area contributed by atoms with Gasteiger partial charge in [0.1, 0.15) is 18.0 Å². The number of carbonyl (C=O) groups excluding carboxylic acids is 2. The molecular weight excluding hydrogens is 363 g/mol. The summed E-state index contributed by atoms with van der Waals surface area (Å²) in [5, 5.41) is 2.50. The predicted molar refractivity (Wildman–Crippen MR) is 105 cm³/mol. The van der Waals surface area contributed by atoms with Crippen molar-refractivity contribution in [3.8, 4) is 5.75 Å². The molecule has 28 heavy (non-hydrogen) atoms. The molecule has 154 valence electrons. The van der Waals surface area contributed by atoms with Gasteiger partial charge in [0.15, 0.2) is 0 Å². The maximum atomic E-state index is 13.1. The number of hydrogen-bond acceptors (Lipinski definition) is 4. The van der Waals surface area contributed by atoms with Gasteiger partial charge in [0.25, 0.3) is 5.91 Å². The van der Waals surface area contributed by atoms with Crippen LogP contribution < -0.4 is 10.1 Å². The van der Waals surface area contributed by atoms with Crippen molar-refractivity contribution in [1.82, 2.24) is 10.2 Å². The Balaban J connectivity index is 1.92. The molecule has 0 radical (unpaired) electrons. The average Bonchev–Trinajstić information content (AvgIpc) is 2.60. The monoisotopic (exact) mass is 392 g/mol. The van der Waals surface area contributed by atoms with Crippen molar-refractivity contribution >= 4 is 12.0 Å². The van der Waals surface area contributed by atoms with E-state index in [4.69, 9.17) is 9.47 Å². The number of alkyl carbamates (subject to hydrolysis) is 1. The quantitative estimate of drug-likeness (QED) is 0.798. The zero-order valence-electron chi connectivity index (χ0n) is 17.2. The molecule has 1 heterocycles.